The Bertz CT molecular complexity index is 2180. The quantitative estimate of drug-likeness (QED) is 0.121. The number of likely N-dealkylation sites (tertiary alicyclic amines) is 1. The predicted molar refractivity (Wildman–Crippen MR) is 256 cm³/mol. The van der Waals surface area contributed by atoms with Gasteiger partial charge in [-0.05, 0) is 107 Å². The van der Waals surface area contributed by atoms with Gasteiger partial charge in [0.05, 0.1) is 22.9 Å². The third-order valence-electron chi connectivity index (χ3n) is 11.3. The Kier molecular flexibility index (Phi) is 18.3. The van der Waals surface area contributed by atoms with Crippen LogP contribution in [0.5, 0.6) is 0 Å². The number of sulfonamides is 2. The zero-order chi connectivity index (χ0) is 43.9. The number of hydrazone groups is 2. The minimum atomic E-state index is -3.76. The van der Waals surface area contributed by atoms with Gasteiger partial charge in [-0.1, -0.05) is 70.9 Å². The van der Waals surface area contributed by atoms with Gasteiger partial charge in [0, 0.05) is 68.4 Å². The van der Waals surface area contributed by atoms with Crippen molar-refractivity contribution in [3.8, 4) is 0 Å². The first-order chi connectivity index (χ1) is 29.4. The highest BCUT2D eigenvalue weighted by Crippen LogP contribution is 2.38. The van der Waals surface area contributed by atoms with Crippen molar-refractivity contribution in [3.05, 3.63) is 84.4 Å². The van der Waals surface area contributed by atoms with Gasteiger partial charge in [-0.2, -0.15) is 10.2 Å². The van der Waals surface area contributed by atoms with E-state index in [1.165, 1.54) is 24.8 Å². The van der Waals surface area contributed by atoms with Gasteiger partial charge in [0.15, 0.2) is 0 Å². The van der Waals surface area contributed by atoms with E-state index in [4.69, 9.17) is 0 Å². The molecule has 0 bridgehead atoms. The Balaban J connectivity index is 0.000000265. The second-order valence-corrected chi connectivity index (χ2v) is 18.9. The minimum Gasteiger partial charge on any atom is -0.388 e. The molecule has 340 valence electrons. The van der Waals surface area contributed by atoms with Crippen molar-refractivity contribution >= 4 is 55.8 Å². The van der Waals surface area contributed by atoms with E-state index in [2.05, 4.69) is 69.4 Å². The Hall–Kier alpha value is -5.00. The highest BCUT2D eigenvalue weighted by molar-refractivity contribution is 7.90. The summed E-state index contributed by atoms with van der Waals surface area (Å²) in [7, 11) is -3.89. The van der Waals surface area contributed by atoms with Crippen molar-refractivity contribution in [3.63, 3.8) is 0 Å². The Morgan fingerprint density at radius 2 is 1.05 bits per heavy atom. The molecule has 3 aromatic rings. The van der Waals surface area contributed by atoms with Crippen molar-refractivity contribution in [2.75, 3.05) is 64.0 Å². The number of hydrogen-bond acceptors (Lipinski definition) is 11. The molecular weight excluding hydrogens is 823 g/mol. The molecule has 7 rings (SSSR count). The fourth-order valence-corrected chi connectivity index (χ4v) is 9.87. The molecule has 0 unspecified atom stereocenters. The maximum atomic E-state index is 13.0. The first kappa shape index (κ1) is 49.7. The lowest BCUT2D eigenvalue weighted by atomic mass is 9.75. The molecular formula is C45H69N11O4S2. The summed E-state index contributed by atoms with van der Waals surface area (Å²) in [4.78, 5) is 11.6. The average Bonchev–Trinajstić information content (AvgIpc) is 3.90. The van der Waals surface area contributed by atoms with E-state index in [9.17, 15) is 16.8 Å². The number of anilines is 2. The van der Waals surface area contributed by atoms with E-state index < -0.39 is 20.0 Å². The smallest absolute Gasteiger partial charge is 0.264 e. The van der Waals surface area contributed by atoms with Crippen LogP contribution in [0.2, 0.25) is 0 Å². The first-order valence-electron chi connectivity index (χ1n) is 21.5. The lowest BCUT2D eigenvalue weighted by Gasteiger charge is -2.37. The van der Waals surface area contributed by atoms with Gasteiger partial charge in [0.25, 0.3) is 20.0 Å². The largest absolute Gasteiger partial charge is 0.388 e. The molecule has 15 nitrogen and oxygen atoms in total. The number of benzene rings is 3. The summed E-state index contributed by atoms with van der Waals surface area (Å²) >= 11 is 0. The molecule has 2 spiro atoms. The maximum absolute atomic E-state index is 13.0. The predicted octanol–water partition coefficient (Wildman–Crippen LogP) is 7.26. The number of piperidine rings is 1. The van der Waals surface area contributed by atoms with Gasteiger partial charge >= 0.3 is 0 Å². The fraction of sp³-hybridized carbons (Fsp3) is 0.511. The van der Waals surface area contributed by atoms with Crippen LogP contribution < -0.4 is 20.1 Å². The summed E-state index contributed by atoms with van der Waals surface area (Å²) < 4.78 is 56.7. The highest BCUT2D eigenvalue weighted by atomic mass is 32.2. The second kappa shape index (κ2) is 22.9. The molecule has 1 saturated carbocycles. The van der Waals surface area contributed by atoms with E-state index in [0.717, 1.165) is 56.7 Å². The summed E-state index contributed by atoms with van der Waals surface area (Å²) in [5.74, 6) is 0.568. The van der Waals surface area contributed by atoms with Crippen LogP contribution in [0.4, 0.5) is 11.4 Å². The van der Waals surface area contributed by atoms with Gasteiger partial charge in [-0.15, -0.1) is 0 Å². The minimum absolute atomic E-state index is 0. The van der Waals surface area contributed by atoms with Crippen LogP contribution in [0.25, 0.3) is 0 Å². The number of rotatable bonds is 10. The molecule has 0 atom stereocenters. The molecule has 4 aliphatic rings. The van der Waals surface area contributed by atoms with Crippen molar-refractivity contribution in [2.45, 2.75) is 96.4 Å². The fourth-order valence-electron chi connectivity index (χ4n) is 7.82. The zero-order valence-electron chi connectivity index (χ0n) is 36.6. The molecule has 3 heterocycles. The molecule has 4 N–H and O–H groups in total. The zero-order valence-corrected chi connectivity index (χ0v) is 38.3. The summed E-state index contributed by atoms with van der Waals surface area (Å²) in [5, 5.41) is 18.4. The third kappa shape index (κ3) is 13.0. The van der Waals surface area contributed by atoms with Gasteiger partial charge < -0.3 is 10.6 Å². The van der Waals surface area contributed by atoms with Gasteiger partial charge in [0.2, 0.25) is 11.9 Å². The molecule has 2 fully saturated rings. The third-order valence-corrected chi connectivity index (χ3v) is 14.0. The van der Waals surface area contributed by atoms with Crippen LogP contribution in [0.15, 0.2) is 109 Å². The van der Waals surface area contributed by atoms with Crippen LogP contribution in [0.3, 0.4) is 0 Å². The van der Waals surface area contributed by atoms with Gasteiger partial charge in [-0.3, -0.25) is 14.9 Å². The molecule has 0 amide bonds. The molecule has 3 aromatic carbocycles. The Labute approximate surface area is 371 Å². The number of hydrogen-bond donors (Lipinski definition) is 4. The van der Waals surface area contributed by atoms with E-state index in [1.807, 2.05) is 46.2 Å². The van der Waals surface area contributed by atoms with Crippen LogP contribution in [-0.2, 0) is 26.6 Å². The van der Waals surface area contributed by atoms with Crippen molar-refractivity contribution in [2.24, 2.45) is 31.0 Å². The van der Waals surface area contributed by atoms with E-state index >= 15 is 0 Å². The number of guanidine groups is 2. The van der Waals surface area contributed by atoms with Gasteiger partial charge in [-0.25, -0.2) is 36.3 Å². The molecule has 1 saturated heterocycles. The highest BCUT2D eigenvalue weighted by Gasteiger charge is 2.41. The topological polar surface area (TPSA) is 176 Å². The number of nitrogens with zero attached hydrogens (tertiary/aromatic N) is 7. The van der Waals surface area contributed by atoms with Crippen molar-refractivity contribution < 1.29 is 16.8 Å². The lowest BCUT2D eigenvalue weighted by molar-refractivity contribution is 0.141. The van der Waals surface area contributed by atoms with Gasteiger partial charge in [0.1, 0.15) is 0 Å². The number of nitrogens with one attached hydrogen (secondary N) is 4. The summed E-state index contributed by atoms with van der Waals surface area (Å²) in [5.41, 5.74) is 3.04. The molecule has 0 radical (unpaired) electrons. The number of aliphatic imine (C=N–C) groups is 2. The molecule has 17 heteroatoms. The molecule has 62 heavy (non-hydrogen) atoms. The van der Waals surface area contributed by atoms with Crippen molar-refractivity contribution in [1.82, 2.24) is 24.4 Å². The normalized spacial score (nSPS) is 18.3. The second-order valence-electron chi connectivity index (χ2n) is 15.5. The SMILES string of the molecule is C.CC.CCN=C(NS(=O)(=O)c1ccc(NC)cc1)N1CC2(C=N1)CCCCC2.CCN=C(NS(=O)(=O)c1ccc(NC)cc1)N1CC2(C=N1)CCN(Cc1ccccc1)CC2. The van der Waals surface area contributed by atoms with E-state index in [-0.39, 0.29) is 34.0 Å². The lowest BCUT2D eigenvalue weighted by Crippen LogP contribution is -2.46. The standard InChI is InChI=1S/C24H32N6O2S.C18H27N5O2S.C2H6.CH4/c1-3-26-23(28-33(31,32)22-11-9-21(25-2)10-12-22)30-19-24(18-27-30)13-15-29(16-14-24)17-20-7-5-4-6-8-20;1-3-20-17(23-14-18(13-21-23)11-5-4-6-12-18)22-26(24,25)16-9-7-15(19-2)8-10-16;1-2;/h4-12,18,25H,3,13-17,19H2,1-2H3,(H,26,28);7-10,13,19H,3-6,11-12,14H2,1-2H3,(H,20,22);1-2H3;1H4. The van der Waals surface area contributed by atoms with Crippen LogP contribution in [0.1, 0.15) is 85.6 Å². The Morgan fingerprint density at radius 3 is 1.45 bits per heavy atom. The average molecular weight is 892 g/mol. The van der Waals surface area contributed by atoms with Crippen LogP contribution in [-0.4, -0.2) is 109 Å². The maximum Gasteiger partial charge on any atom is 0.264 e. The van der Waals surface area contributed by atoms with E-state index in [0.29, 0.717) is 32.1 Å². The summed E-state index contributed by atoms with van der Waals surface area (Å²) in [6.07, 6.45) is 11.8. The van der Waals surface area contributed by atoms with Crippen molar-refractivity contribution in [1.29, 1.82) is 0 Å². The van der Waals surface area contributed by atoms with E-state index in [1.54, 1.807) is 72.6 Å². The first-order valence-corrected chi connectivity index (χ1v) is 24.5. The molecule has 3 aliphatic heterocycles. The Morgan fingerprint density at radius 1 is 0.629 bits per heavy atom. The van der Waals surface area contributed by atoms with Crippen LogP contribution >= 0.6 is 0 Å². The summed E-state index contributed by atoms with van der Waals surface area (Å²) in [6, 6.07) is 23.8. The summed E-state index contributed by atoms with van der Waals surface area (Å²) in [6.45, 7) is 12.9. The molecule has 0 aromatic heterocycles. The molecule has 1 aliphatic carbocycles. The monoisotopic (exact) mass is 891 g/mol. The van der Waals surface area contributed by atoms with Crippen LogP contribution in [0, 0.1) is 10.8 Å².